The number of hydrogen-bond acceptors (Lipinski definition) is 2. The Kier molecular flexibility index (Phi) is 2.86. The Morgan fingerprint density at radius 2 is 1.91 bits per heavy atom. The van der Waals surface area contributed by atoms with Crippen LogP contribution in [-0.4, -0.2) is 23.3 Å². The Labute approximate surface area is 61.0 Å². The Morgan fingerprint density at radius 1 is 1.55 bits per heavy atom. The van der Waals surface area contributed by atoms with Crippen LogP contribution < -0.4 is 5.73 Å². The first-order valence-electron chi connectivity index (χ1n) is 2.82. The summed E-state index contributed by atoms with van der Waals surface area (Å²) in [7, 11) is 0. The minimum absolute atomic E-state index is 0.917. The molecule has 0 fully saturated rings. The first kappa shape index (κ1) is 10.2. The number of rotatable bonds is 2. The molecule has 0 radical (unpaired) electrons. The van der Waals surface area contributed by atoms with Gasteiger partial charge in [0.25, 0.3) is 0 Å². The molecule has 0 amide bonds. The lowest BCUT2D eigenvalue weighted by Gasteiger charge is -2.18. The highest BCUT2D eigenvalue weighted by Gasteiger charge is 2.42. The third-order valence-electron chi connectivity index (χ3n) is 1.31. The molecule has 6 heteroatoms. The summed E-state index contributed by atoms with van der Waals surface area (Å²) in [5.41, 5.74) is 4.59. The predicted octanol–water partition coefficient (Wildman–Crippen LogP) is 0.597. The largest absolute Gasteiger partial charge is 0.481 e. The maximum atomic E-state index is 11.7. The van der Waals surface area contributed by atoms with Crippen LogP contribution >= 0.6 is 0 Å². The summed E-state index contributed by atoms with van der Waals surface area (Å²) < 4.78 is 35.0. The third-order valence-corrected chi connectivity index (χ3v) is 1.31. The lowest BCUT2D eigenvalue weighted by molar-refractivity contribution is -0.171. The van der Waals surface area contributed by atoms with Crippen molar-refractivity contribution >= 4 is 5.97 Å². The van der Waals surface area contributed by atoms with Gasteiger partial charge >= 0.3 is 12.1 Å². The summed E-state index contributed by atoms with van der Waals surface area (Å²) in [5, 5.41) is 8.14. The van der Waals surface area contributed by atoms with E-state index in [1.165, 1.54) is 0 Å². The highest BCUT2D eigenvalue weighted by atomic mass is 19.4. The van der Waals surface area contributed by atoms with E-state index in [2.05, 4.69) is 5.73 Å². The molecule has 2 atom stereocenters. The molecule has 0 aromatic heterocycles. The van der Waals surface area contributed by atoms with E-state index >= 15 is 0 Å². The molecule has 66 valence electrons. The van der Waals surface area contributed by atoms with E-state index in [4.69, 9.17) is 5.11 Å². The van der Waals surface area contributed by atoms with Gasteiger partial charge in [-0.05, 0) is 0 Å². The summed E-state index contributed by atoms with van der Waals surface area (Å²) in [4.78, 5) is 10.0. The van der Waals surface area contributed by atoms with E-state index in [1.54, 1.807) is 0 Å². The molecule has 0 aromatic rings. The van der Waals surface area contributed by atoms with Crippen LogP contribution in [0.1, 0.15) is 6.92 Å². The monoisotopic (exact) mass is 171 g/mol. The molecule has 0 bridgehead atoms. The van der Waals surface area contributed by atoms with Crippen molar-refractivity contribution in [3.05, 3.63) is 0 Å². The van der Waals surface area contributed by atoms with Gasteiger partial charge in [0.05, 0.1) is 5.92 Å². The summed E-state index contributed by atoms with van der Waals surface area (Å²) in [6, 6.07) is -2.29. The average molecular weight is 171 g/mol. The molecule has 0 heterocycles. The van der Waals surface area contributed by atoms with Crippen LogP contribution in [0.2, 0.25) is 0 Å². The van der Waals surface area contributed by atoms with Crippen LogP contribution in [0.25, 0.3) is 0 Å². The topological polar surface area (TPSA) is 63.3 Å². The molecule has 0 aromatic carbocycles. The van der Waals surface area contributed by atoms with Gasteiger partial charge in [0, 0.05) is 0 Å². The number of carboxylic acid groups (broad SMARTS) is 1. The smallest absolute Gasteiger partial charge is 0.404 e. The summed E-state index contributed by atoms with van der Waals surface area (Å²) in [5.74, 6) is -3.15. The van der Waals surface area contributed by atoms with Crippen molar-refractivity contribution in [2.24, 2.45) is 11.7 Å². The Hall–Kier alpha value is -0.780. The van der Waals surface area contributed by atoms with Crippen LogP contribution in [0.15, 0.2) is 0 Å². The number of carbonyl (C=O) groups is 1. The summed E-state index contributed by atoms with van der Waals surface area (Å²) in [6.45, 7) is 0.917. The summed E-state index contributed by atoms with van der Waals surface area (Å²) in [6.07, 6.45) is -4.64. The average Bonchev–Trinajstić information content (AvgIpc) is 1.82. The molecule has 0 saturated carbocycles. The van der Waals surface area contributed by atoms with E-state index in [1.807, 2.05) is 0 Å². The van der Waals surface area contributed by atoms with E-state index in [9.17, 15) is 18.0 Å². The molecule has 0 aliphatic rings. The van der Waals surface area contributed by atoms with Crippen molar-refractivity contribution in [1.82, 2.24) is 0 Å². The quantitative estimate of drug-likeness (QED) is 0.639. The molecule has 11 heavy (non-hydrogen) atoms. The fourth-order valence-electron chi connectivity index (χ4n) is 0.437. The number of carboxylic acids is 1. The minimum Gasteiger partial charge on any atom is -0.481 e. The van der Waals surface area contributed by atoms with Gasteiger partial charge in [0.15, 0.2) is 0 Å². The second kappa shape index (κ2) is 3.08. The van der Waals surface area contributed by atoms with Gasteiger partial charge in [-0.3, -0.25) is 4.79 Å². The first-order chi connectivity index (χ1) is 4.76. The van der Waals surface area contributed by atoms with Crippen molar-refractivity contribution in [2.45, 2.75) is 19.1 Å². The molecule has 0 aliphatic carbocycles. The standard InChI is InChI=1S/C5H8F3NO2/c1-2(4(10)11)3(9)5(6,7)8/h2-3H,9H2,1H3,(H,10,11)/t2?,3-/m1/s1. The maximum absolute atomic E-state index is 11.7. The number of halogens is 3. The number of alkyl halides is 3. The van der Waals surface area contributed by atoms with Gasteiger partial charge in [0.2, 0.25) is 0 Å². The van der Waals surface area contributed by atoms with Gasteiger partial charge in [-0.25, -0.2) is 0 Å². The zero-order valence-electron chi connectivity index (χ0n) is 5.72. The number of nitrogens with two attached hydrogens (primary N) is 1. The zero-order chi connectivity index (χ0) is 9.23. The lowest BCUT2D eigenvalue weighted by atomic mass is 10.0. The van der Waals surface area contributed by atoms with Crippen LogP contribution in [0, 0.1) is 5.92 Å². The van der Waals surface area contributed by atoms with Crippen molar-refractivity contribution in [3.8, 4) is 0 Å². The molecule has 0 aliphatic heterocycles. The molecule has 0 saturated heterocycles. The highest BCUT2D eigenvalue weighted by molar-refractivity contribution is 5.70. The fourth-order valence-corrected chi connectivity index (χ4v) is 0.437. The van der Waals surface area contributed by atoms with E-state index in [-0.39, 0.29) is 0 Å². The fraction of sp³-hybridized carbons (Fsp3) is 0.800. The Bertz CT molecular complexity index is 156. The molecular weight excluding hydrogens is 163 g/mol. The van der Waals surface area contributed by atoms with Crippen LogP contribution in [0.5, 0.6) is 0 Å². The van der Waals surface area contributed by atoms with E-state index in [0.717, 1.165) is 6.92 Å². The molecule has 1 unspecified atom stereocenters. The van der Waals surface area contributed by atoms with Gasteiger partial charge in [-0.2, -0.15) is 13.2 Å². The lowest BCUT2D eigenvalue weighted by Crippen LogP contribution is -2.45. The SMILES string of the molecule is CC(C(=O)O)[C@@H](N)C(F)(F)F. The molecule has 0 rings (SSSR count). The van der Waals surface area contributed by atoms with Crippen molar-refractivity contribution < 1.29 is 23.1 Å². The molecule has 3 N–H and O–H groups in total. The maximum Gasteiger partial charge on any atom is 0.404 e. The van der Waals surface area contributed by atoms with Crippen LogP contribution in [0.4, 0.5) is 13.2 Å². The van der Waals surface area contributed by atoms with E-state index < -0.39 is 24.1 Å². The third kappa shape index (κ3) is 2.75. The van der Waals surface area contributed by atoms with Crippen molar-refractivity contribution in [3.63, 3.8) is 0 Å². The van der Waals surface area contributed by atoms with Crippen molar-refractivity contribution in [1.29, 1.82) is 0 Å². The normalized spacial score (nSPS) is 17.5. The summed E-state index contributed by atoms with van der Waals surface area (Å²) >= 11 is 0. The number of aliphatic carboxylic acids is 1. The second-order valence-corrected chi connectivity index (χ2v) is 2.19. The Morgan fingerprint density at radius 3 is 2.00 bits per heavy atom. The van der Waals surface area contributed by atoms with Crippen LogP contribution in [-0.2, 0) is 4.79 Å². The highest BCUT2D eigenvalue weighted by Crippen LogP contribution is 2.23. The van der Waals surface area contributed by atoms with Gasteiger partial charge in [-0.1, -0.05) is 6.92 Å². The second-order valence-electron chi connectivity index (χ2n) is 2.19. The van der Waals surface area contributed by atoms with Crippen LogP contribution in [0.3, 0.4) is 0 Å². The first-order valence-corrected chi connectivity index (χ1v) is 2.82. The molecular formula is C5H8F3NO2. The predicted molar refractivity (Wildman–Crippen MR) is 30.8 cm³/mol. The van der Waals surface area contributed by atoms with Gasteiger partial charge < -0.3 is 10.8 Å². The zero-order valence-corrected chi connectivity index (χ0v) is 5.72. The van der Waals surface area contributed by atoms with Gasteiger partial charge in [0.1, 0.15) is 6.04 Å². The molecule has 0 spiro atoms. The van der Waals surface area contributed by atoms with E-state index in [0.29, 0.717) is 0 Å². The Balaban J connectivity index is 4.25. The number of hydrogen-bond donors (Lipinski definition) is 2. The minimum atomic E-state index is -4.64. The molecule has 3 nitrogen and oxygen atoms in total. The van der Waals surface area contributed by atoms with Crippen molar-refractivity contribution in [2.75, 3.05) is 0 Å². The van der Waals surface area contributed by atoms with Gasteiger partial charge in [-0.15, -0.1) is 0 Å².